The van der Waals surface area contributed by atoms with E-state index >= 15 is 0 Å². The first-order valence-electron chi connectivity index (χ1n) is 8.21. The van der Waals surface area contributed by atoms with E-state index in [9.17, 15) is 13.2 Å². The van der Waals surface area contributed by atoms with Crippen molar-refractivity contribution in [3.8, 4) is 0 Å². The highest BCUT2D eigenvalue weighted by Gasteiger charge is 2.18. The van der Waals surface area contributed by atoms with Crippen LogP contribution in [0, 0.1) is 0 Å². The zero-order chi connectivity index (χ0) is 18.0. The monoisotopic (exact) mass is 418 g/mol. The third-order valence-electron chi connectivity index (χ3n) is 4.16. The quantitative estimate of drug-likeness (QED) is 0.743. The van der Waals surface area contributed by atoms with Crippen LogP contribution in [-0.4, -0.2) is 50.4 Å². The summed E-state index contributed by atoms with van der Waals surface area (Å²) in [5.41, 5.74) is 7.33. The molecule has 144 valence electrons. The fourth-order valence-electron chi connectivity index (χ4n) is 2.74. The van der Waals surface area contributed by atoms with Crippen molar-refractivity contribution in [3.63, 3.8) is 0 Å². The number of carbonyl (C=O) groups excluding carboxylic acids is 1. The van der Waals surface area contributed by atoms with Gasteiger partial charge in [-0.15, -0.1) is 12.4 Å². The van der Waals surface area contributed by atoms with E-state index in [-0.39, 0.29) is 30.5 Å². The minimum Gasteiger partial charge on any atom is -0.348 e. The number of aromatic nitrogens is 1. The lowest BCUT2D eigenvalue weighted by Gasteiger charge is -2.11. The Hall–Kier alpha value is -1.42. The molecule has 2 heterocycles. The molecule has 26 heavy (non-hydrogen) atoms. The second kappa shape index (κ2) is 8.51. The molecule has 1 aromatic heterocycles. The molecule has 1 fully saturated rings. The Morgan fingerprint density at radius 2 is 2.08 bits per heavy atom. The molecule has 0 bridgehead atoms. The van der Waals surface area contributed by atoms with Gasteiger partial charge in [0.05, 0.1) is 22.0 Å². The van der Waals surface area contributed by atoms with E-state index in [2.05, 4.69) is 15.2 Å². The summed E-state index contributed by atoms with van der Waals surface area (Å²) < 4.78 is 23.4. The molecular weight excluding hydrogens is 396 g/mol. The largest absolute Gasteiger partial charge is 0.348 e. The van der Waals surface area contributed by atoms with E-state index in [4.69, 9.17) is 5.73 Å². The fourth-order valence-corrected chi connectivity index (χ4v) is 4.48. The topological polar surface area (TPSA) is 105 Å². The van der Waals surface area contributed by atoms with E-state index in [1.165, 1.54) is 12.8 Å². The highest BCUT2D eigenvalue weighted by atomic mass is 35.5. The van der Waals surface area contributed by atoms with Gasteiger partial charge in [0.15, 0.2) is 5.13 Å². The number of halogens is 1. The van der Waals surface area contributed by atoms with Gasteiger partial charge in [-0.05, 0) is 37.5 Å². The first-order chi connectivity index (χ1) is 11.8. The summed E-state index contributed by atoms with van der Waals surface area (Å²) in [5, 5.41) is 3.77. The molecule has 0 radical (unpaired) electrons. The van der Waals surface area contributed by atoms with E-state index in [1.54, 1.807) is 17.4 Å². The van der Waals surface area contributed by atoms with Crippen molar-refractivity contribution in [2.75, 3.05) is 35.3 Å². The lowest BCUT2D eigenvalue weighted by Crippen LogP contribution is -2.37. The highest BCUT2D eigenvalue weighted by molar-refractivity contribution is 7.90. The summed E-state index contributed by atoms with van der Waals surface area (Å²) in [6, 6.07) is 4.69. The molecule has 3 rings (SSSR count). The number of hydrogen-bond acceptors (Lipinski definition) is 7. The molecule has 1 amide bonds. The summed E-state index contributed by atoms with van der Waals surface area (Å²) >= 11 is 1.61. The molecule has 1 saturated heterocycles. The summed E-state index contributed by atoms with van der Waals surface area (Å²) in [7, 11) is -3.13. The zero-order valence-electron chi connectivity index (χ0n) is 14.5. The molecule has 2 aromatic rings. The Kier molecular flexibility index (Phi) is 6.84. The summed E-state index contributed by atoms with van der Waals surface area (Å²) in [5.74, 6) is -0.485. The third-order valence-corrected chi connectivity index (χ3v) is 6.21. The van der Waals surface area contributed by atoms with Gasteiger partial charge in [0.2, 0.25) is 5.91 Å². The highest BCUT2D eigenvalue weighted by Crippen LogP contribution is 2.32. The number of anilines is 2. The number of fused-ring (bicyclic) bond motifs is 1. The van der Waals surface area contributed by atoms with Crippen LogP contribution in [0.1, 0.15) is 19.3 Å². The molecular formula is C16H23ClN4O3S2. The number of benzene rings is 1. The molecule has 1 aliphatic rings. The van der Waals surface area contributed by atoms with Crippen LogP contribution < -0.4 is 16.0 Å². The number of rotatable bonds is 6. The third kappa shape index (κ3) is 5.29. The Morgan fingerprint density at radius 1 is 1.38 bits per heavy atom. The van der Waals surface area contributed by atoms with Crippen molar-refractivity contribution in [1.29, 1.82) is 0 Å². The van der Waals surface area contributed by atoms with Gasteiger partial charge in [-0.25, -0.2) is 13.4 Å². The predicted molar refractivity (Wildman–Crippen MR) is 109 cm³/mol. The molecule has 1 aliphatic heterocycles. The number of nitrogens with two attached hydrogens (primary N) is 1. The Labute approximate surface area is 163 Å². The SMILES string of the molecule is CS(=O)(=O)CCC(N)C(=O)Nc1ccc2nc(N3CCCC3)sc2c1.Cl. The lowest BCUT2D eigenvalue weighted by molar-refractivity contribution is -0.117. The van der Waals surface area contributed by atoms with E-state index < -0.39 is 15.9 Å². The maximum absolute atomic E-state index is 12.1. The van der Waals surface area contributed by atoms with Gasteiger partial charge in [0.25, 0.3) is 0 Å². The van der Waals surface area contributed by atoms with Crippen LogP contribution in [0.5, 0.6) is 0 Å². The molecule has 7 nitrogen and oxygen atoms in total. The van der Waals surface area contributed by atoms with Gasteiger partial charge in [-0.1, -0.05) is 11.3 Å². The van der Waals surface area contributed by atoms with Gasteiger partial charge in [-0.2, -0.15) is 0 Å². The molecule has 1 atom stereocenters. The molecule has 0 aliphatic carbocycles. The Balaban J connectivity index is 0.00000243. The smallest absolute Gasteiger partial charge is 0.241 e. The number of nitrogens with zero attached hydrogens (tertiary/aromatic N) is 2. The molecule has 10 heteroatoms. The van der Waals surface area contributed by atoms with Gasteiger partial charge in [-0.3, -0.25) is 4.79 Å². The van der Waals surface area contributed by atoms with Crippen molar-refractivity contribution in [2.45, 2.75) is 25.3 Å². The average Bonchev–Trinajstić information content (AvgIpc) is 3.20. The maximum atomic E-state index is 12.1. The van der Waals surface area contributed by atoms with Gasteiger partial charge in [0.1, 0.15) is 9.84 Å². The number of sulfone groups is 1. The zero-order valence-corrected chi connectivity index (χ0v) is 16.9. The predicted octanol–water partition coefficient (Wildman–Crippen LogP) is 2.02. The number of nitrogens with one attached hydrogen (secondary N) is 1. The number of amides is 1. The first-order valence-corrected chi connectivity index (χ1v) is 11.1. The van der Waals surface area contributed by atoms with Crippen LogP contribution in [-0.2, 0) is 14.6 Å². The van der Waals surface area contributed by atoms with Gasteiger partial charge in [0, 0.05) is 25.0 Å². The standard InChI is InChI=1S/C16H22N4O3S2.ClH/c1-25(22,23)9-6-12(17)15(21)18-11-4-5-13-14(10-11)24-16(19-13)20-7-2-3-8-20;/h4-5,10,12H,2-3,6-9,17H2,1H3,(H,18,21);1H. The number of carbonyl (C=O) groups is 1. The number of thiazole rings is 1. The van der Waals surface area contributed by atoms with Crippen molar-refractivity contribution < 1.29 is 13.2 Å². The Morgan fingerprint density at radius 3 is 2.73 bits per heavy atom. The maximum Gasteiger partial charge on any atom is 0.241 e. The summed E-state index contributed by atoms with van der Waals surface area (Å²) in [6.45, 7) is 2.08. The van der Waals surface area contributed by atoms with Crippen LogP contribution in [0.15, 0.2) is 18.2 Å². The summed E-state index contributed by atoms with van der Waals surface area (Å²) in [6.07, 6.45) is 3.63. The van der Waals surface area contributed by atoms with Crippen LogP contribution in [0.4, 0.5) is 10.8 Å². The second-order valence-electron chi connectivity index (χ2n) is 6.39. The number of hydrogen-bond donors (Lipinski definition) is 2. The normalized spacial score (nSPS) is 15.7. The lowest BCUT2D eigenvalue weighted by atomic mass is 10.2. The van der Waals surface area contributed by atoms with Crippen LogP contribution in [0.2, 0.25) is 0 Å². The second-order valence-corrected chi connectivity index (χ2v) is 9.66. The van der Waals surface area contributed by atoms with Crippen LogP contribution >= 0.6 is 23.7 Å². The van der Waals surface area contributed by atoms with E-state index in [1.807, 2.05) is 12.1 Å². The van der Waals surface area contributed by atoms with Gasteiger partial charge < -0.3 is 16.0 Å². The molecule has 3 N–H and O–H groups in total. The molecule has 1 unspecified atom stereocenters. The average molecular weight is 419 g/mol. The van der Waals surface area contributed by atoms with Crippen LogP contribution in [0.25, 0.3) is 10.2 Å². The minimum atomic E-state index is -3.13. The molecule has 0 spiro atoms. The first kappa shape index (κ1) is 20.9. The van der Waals surface area contributed by atoms with Gasteiger partial charge >= 0.3 is 0 Å². The minimum absolute atomic E-state index is 0. The Bertz CT molecular complexity index is 879. The van der Waals surface area contributed by atoms with Crippen LogP contribution in [0.3, 0.4) is 0 Å². The molecule has 1 aromatic carbocycles. The van der Waals surface area contributed by atoms with Crippen molar-refractivity contribution in [3.05, 3.63) is 18.2 Å². The fraction of sp³-hybridized carbons (Fsp3) is 0.500. The summed E-state index contributed by atoms with van der Waals surface area (Å²) in [4.78, 5) is 19.1. The van der Waals surface area contributed by atoms with Crippen molar-refractivity contribution >= 4 is 60.5 Å². The van der Waals surface area contributed by atoms with Crippen molar-refractivity contribution in [1.82, 2.24) is 4.98 Å². The van der Waals surface area contributed by atoms with E-state index in [0.717, 1.165) is 34.7 Å². The van der Waals surface area contributed by atoms with Crippen molar-refractivity contribution in [2.24, 2.45) is 5.73 Å². The molecule has 0 saturated carbocycles. The van der Waals surface area contributed by atoms with E-state index in [0.29, 0.717) is 5.69 Å².